The monoisotopic (exact) mass is 458 g/mol. The molecule has 1 saturated heterocycles. The minimum absolute atomic E-state index is 0.137. The Labute approximate surface area is 155 Å². The number of nitrogens with two attached hydrogens (primary N) is 1. The maximum Gasteiger partial charge on any atom is 0.324 e. The Morgan fingerprint density at radius 2 is 1.71 bits per heavy atom. The highest BCUT2D eigenvalue weighted by atomic mass is 79.9. The fraction of sp³-hybridized carbons (Fsp3) is 0.308. The molecule has 4 N–H and O–H groups in total. The Kier molecular flexibility index (Phi) is 7.28. The Bertz CT molecular complexity index is 652. The van der Waals surface area contributed by atoms with Gasteiger partial charge in [-0.05, 0) is 31.9 Å². The SMILES string of the molecule is NCCNc1ncc(Br)cn1.O=C1NCCN1c1ncc(Br)cn1. The number of nitrogens with one attached hydrogen (secondary N) is 2. The maximum atomic E-state index is 11.2. The number of carbonyl (C=O) groups is 1. The number of urea groups is 1. The molecule has 0 bridgehead atoms. The quantitative estimate of drug-likeness (QED) is 0.631. The van der Waals surface area contributed by atoms with Crippen molar-refractivity contribution in [2.45, 2.75) is 0 Å². The van der Waals surface area contributed by atoms with E-state index in [4.69, 9.17) is 5.73 Å². The van der Waals surface area contributed by atoms with Crippen molar-refractivity contribution in [1.82, 2.24) is 25.3 Å². The summed E-state index contributed by atoms with van der Waals surface area (Å²) in [6, 6.07) is -0.137. The van der Waals surface area contributed by atoms with Crippen molar-refractivity contribution in [3.8, 4) is 0 Å². The Balaban J connectivity index is 0.000000177. The molecule has 1 aliphatic heterocycles. The van der Waals surface area contributed by atoms with E-state index >= 15 is 0 Å². The van der Waals surface area contributed by atoms with E-state index in [1.807, 2.05) is 0 Å². The van der Waals surface area contributed by atoms with Crippen molar-refractivity contribution in [2.75, 3.05) is 36.4 Å². The number of aromatic nitrogens is 4. The van der Waals surface area contributed by atoms with Gasteiger partial charge in [0.25, 0.3) is 0 Å². The number of rotatable bonds is 4. The Hall–Kier alpha value is -1.85. The summed E-state index contributed by atoms with van der Waals surface area (Å²) in [5.41, 5.74) is 5.28. The highest BCUT2D eigenvalue weighted by Crippen LogP contribution is 2.12. The van der Waals surface area contributed by atoms with Crippen LogP contribution in [0.4, 0.5) is 16.7 Å². The van der Waals surface area contributed by atoms with E-state index < -0.39 is 0 Å². The first-order chi connectivity index (χ1) is 11.6. The molecular weight excluding hydrogens is 444 g/mol. The second-order valence-corrected chi connectivity index (χ2v) is 6.36. The summed E-state index contributed by atoms with van der Waals surface area (Å²) in [4.78, 5) is 28.7. The molecule has 3 rings (SSSR count). The van der Waals surface area contributed by atoms with Gasteiger partial charge < -0.3 is 16.4 Å². The first-order valence-corrected chi connectivity index (χ1v) is 8.63. The molecule has 2 aromatic heterocycles. The molecule has 1 aliphatic rings. The van der Waals surface area contributed by atoms with Gasteiger partial charge in [-0.15, -0.1) is 0 Å². The zero-order chi connectivity index (χ0) is 17.4. The molecule has 3 heterocycles. The lowest BCUT2D eigenvalue weighted by Gasteiger charge is -2.10. The number of nitrogens with zero attached hydrogens (tertiary/aromatic N) is 5. The minimum Gasteiger partial charge on any atom is -0.353 e. The number of hydrogen-bond acceptors (Lipinski definition) is 7. The molecule has 0 aromatic carbocycles. The molecular formula is C13H16Br2N8O. The smallest absolute Gasteiger partial charge is 0.324 e. The number of hydrogen-bond donors (Lipinski definition) is 3. The van der Waals surface area contributed by atoms with E-state index in [2.05, 4.69) is 62.4 Å². The van der Waals surface area contributed by atoms with E-state index in [0.29, 0.717) is 38.1 Å². The van der Waals surface area contributed by atoms with Crippen LogP contribution in [0.1, 0.15) is 0 Å². The third-order valence-corrected chi connectivity index (χ3v) is 3.57. The van der Waals surface area contributed by atoms with Crippen LogP contribution in [0.25, 0.3) is 0 Å². The highest BCUT2D eigenvalue weighted by molar-refractivity contribution is 9.10. The van der Waals surface area contributed by atoms with E-state index in [9.17, 15) is 4.79 Å². The number of halogens is 2. The molecule has 0 aliphatic carbocycles. The van der Waals surface area contributed by atoms with Crippen LogP contribution in [0.3, 0.4) is 0 Å². The van der Waals surface area contributed by atoms with Gasteiger partial charge in [0.05, 0.1) is 8.95 Å². The van der Waals surface area contributed by atoms with Gasteiger partial charge in [-0.2, -0.15) is 0 Å². The van der Waals surface area contributed by atoms with Gasteiger partial charge in [-0.3, -0.25) is 4.90 Å². The Morgan fingerprint density at radius 1 is 1.12 bits per heavy atom. The molecule has 0 spiro atoms. The van der Waals surface area contributed by atoms with Crippen LogP contribution in [-0.2, 0) is 0 Å². The molecule has 11 heteroatoms. The lowest BCUT2D eigenvalue weighted by atomic mass is 10.6. The molecule has 128 valence electrons. The molecule has 0 saturated carbocycles. The van der Waals surface area contributed by atoms with E-state index in [-0.39, 0.29) is 6.03 Å². The molecule has 9 nitrogen and oxygen atoms in total. The maximum absolute atomic E-state index is 11.2. The molecule has 0 atom stereocenters. The predicted octanol–water partition coefficient (Wildman–Crippen LogP) is 1.38. The highest BCUT2D eigenvalue weighted by Gasteiger charge is 2.22. The zero-order valence-electron chi connectivity index (χ0n) is 12.6. The third kappa shape index (κ3) is 5.65. The molecule has 0 unspecified atom stereocenters. The normalized spacial score (nSPS) is 13.1. The van der Waals surface area contributed by atoms with Gasteiger partial charge in [0.1, 0.15) is 0 Å². The van der Waals surface area contributed by atoms with Gasteiger partial charge >= 0.3 is 6.03 Å². The largest absolute Gasteiger partial charge is 0.353 e. The second-order valence-electron chi connectivity index (χ2n) is 4.53. The van der Waals surface area contributed by atoms with Crippen molar-refractivity contribution in [3.05, 3.63) is 33.7 Å². The van der Waals surface area contributed by atoms with Crippen molar-refractivity contribution >= 4 is 49.8 Å². The van der Waals surface area contributed by atoms with Crippen LogP contribution < -0.4 is 21.3 Å². The van der Waals surface area contributed by atoms with Gasteiger partial charge in [0.15, 0.2) is 0 Å². The van der Waals surface area contributed by atoms with Gasteiger partial charge in [0, 0.05) is 51.0 Å². The lowest BCUT2D eigenvalue weighted by Crippen LogP contribution is -2.29. The standard InChI is InChI=1S/C7H7BrN4O.C6H9BrN4/c8-5-3-10-6(11-4-5)12-2-1-9-7(12)13;7-5-3-10-6(11-4-5)9-2-1-8/h3-4H,1-2H2,(H,9,13);3-4H,1-2,8H2,(H,9,10,11). The Morgan fingerprint density at radius 3 is 2.21 bits per heavy atom. The lowest BCUT2D eigenvalue weighted by molar-refractivity contribution is 0.252. The third-order valence-electron chi connectivity index (χ3n) is 2.75. The van der Waals surface area contributed by atoms with Crippen LogP contribution in [0.2, 0.25) is 0 Å². The number of amides is 2. The fourth-order valence-electron chi connectivity index (χ4n) is 1.69. The van der Waals surface area contributed by atoms with Crippen molar-refractivity contribution in [3.63, 3.8) is 0 Å². The molecule has 2 amide bonds. The molecule has 1 fully saturated rings. The fourth-order valence-corrected chi connectivity index (χ4v) is 2.10. The summed E-state index contributed by atoms with van der Waals surface area (Å²) in [6.45, 7) is 2.56. The average Bonchev–Trinajstić information content (AvgIpc) is 3.02. The van der Waals surface area contributed by atoms with Gasteiger partial charge in [-0.1, -0.05) is 0 Å². The molecule has 24 heavy (non-hydrogen) atoms. The summed E-state index contributed by atoms with van der Waals surface area (Å²) < 4.78 is 1.67. The minimum atomic E-state index is -0.137. The second kappa shape index (κ2) is 9.45. The van der Waals surface area contributed by atoms with Crippen molar-refractivity contribution in [2.24, 2.45) is 5.73 Å². The number of carbonyl (C=O) groups excluding carboxylic acids is 1. The molecule has 0 radical (unpaired) electrons. The van der Waals surface area contributed by atoms with E-state index in [0.717, 1.165) is 8.95 Å². The van der Waals surface area contributed by atoms with Gasteiger partial charge in [-0.25, -0.2) is 24.7 Å². The van der Waals surface area contributed by atoms with Crippen LogP contribution in [0.5, 0.6) is 0 Å². The summed E-state index contributed by atoms with van der Waals surface area (Å²) >= 11 is 6.46. The topological polar surface area (TPSA) is 122 Å². The van der Waals surface area contributed by atoms with E-state index in [1.54, 1.807) is 24.8 Å². The average molecular weight is 460 g/mol. The first kappa shape index (κ1) is 18.5. The predicted molar refractivity (Wildman–Crippen MR) is 97.8 cm³/mol. The van der Waals surface area contributed by atoms with E-state index in [1.165, 1.54) is 4.90 Å². The number of anilines is 2. The van der Waals surface area contributed by atoms with Crippen LogP contribution >= 0.6 is 31.9 Å². The van der Waals surface area contributed by atoms with Crippen LogP contribution in [-0.4, -0.2) is 52.1 Å². The summed E-state index contributed by atoms with van der Waals surface area (Å²) in [5, 5.41) is 5.63. The van der Waals surface area contributed by atoms with Crippen LogP contribution in [0, 0.1) is 0 Å². The summed E-state index contributed by atoms with van der Waals surface area (Å²) in [5.74, 6) is 1.05. The molecule has 2 aromatic rings. The summed E-state index contributed by atoms with van der Waals surface area (Å²) in [7, 11) is 0. The van der Waals surface area contributed by atoms with Crippen LogP contribution in [0.15, 0.2) is 33.7 Å². The summed E-state index contributed by atoms with van der Waals surface area (Å²) in [6.07, 6.45) is 6.61. The van der Waals surface area contributed by atoms with Crippen molar-refractivity contribution in [1.29, 1.82) is 0 Å². The first-order valence-electron chi connectivity index (χ1n) is 7.04. The van der Waals surface area contributed by atoms with Gasteiger partial charge in [0.2, 0.25) is 11.9 Å². The van der Waals surface area contributed by atoms with Crippen molar-refractivity contribution < 1.29 is 4.79 Å². The zero-order valence-corrected chi connectivity index (χ0v) is 15.8.